The number of nitrogens with one attached hydrogen (secondary N) is 1. The molecular formula is C20H28N2O3. The van der Waals surface area contributed by atoms with Crippen molar-refractivity contribution in [1.29, 1.82) is 0 Å². The number of anilines is 1. The van der Waals surface area contributed by atoms with Gasteiger partial charge in [-0.3, -0.25) is 9.59 Å². The molecule has 1 aliphatic heterocycles. The van der Waals surface area contributed by atoms with Crippen LogP contribution in [0.2, 0.25) is 0 Å². The van der Waals surface area contributed by atoms with E-state index in [2.05, 4.69) is 17.1 Å². The number of ether oxygens (including phenoxy) is 1. The third-order valence-electron chi connectivity index (χ3n) is 5.57. The van der Waals surface area contributed by atoms with Crippen molar-refractivity contribution in [1.82, 2.24) is 4.90 Å². The Morgan fingerprint density at radius 3 is 2.52 bits per heavy atom. The number of likely N-dealkylation sites (tertiary alicyclic amines) is 1. The highest BCUT2D eigenvalue weighted by Gasteiger charge is 2.41. The second kappa shape index (κ2) is 7.89. The molecule has 2 aliphatic rings. The van der Waals surface area contributed by atoms with Crippen LogP contribution in [0.5, 0.6) is 5.75 Å². The standard InChI is InChI=1S/C20H28N2O3/c1-14-13-22(16-6-4-3-5-7-16)20(24)18(14)12-19(23)21-15-8-10-17(25-2)11-9-15/h8-11,14,16,18H,3-7,12-13H2,1-2H3,(H,21,23). The number of carbonyl (C=O) groups excluding carboxylic acids is 2. The molecule has 136 valence electrons. The smallest absolute Gasteiger partial charge is 0.226 e. The van der Waals surface area contributed by atoms with Gasteiger partial charge in [0.15, 0.2) is 0 Å². The Morgan fingerprint density at radius 2 is 1.88 bits per heavy atom. The lowest BCUT2D eigenvalue weighted by Gasteiger charge is -2.31. The highest BCUT2D eigenvalue weighted by atomic mass is 16.5. The molecule has 2 unspecified atom stereocenters. The molecule has 5 nitrogen and oxygen atoms in total. The summed E-state index contributed by atoms with van der Waals surface area (Å²) in [4.78, 5) is 27.3. The van der Waals surface area contributed by atoms with Crippen molar-refractivity contribution in [3.8, 4) is 5.75 Å². The zero-order valence-corrected chi connectivity index (χ0v) is 15.2. The molecule has 25 heavy (non-hydrogen) atoms. The monoisotopic (exact) mass is 344 g/mol. The zero-order chi connectivity index (χ0) is 17.8. The van der Waals surface area contributed by atoms with E-state index in [0.717, 1.165) is 30.8 Å². The van der Waals surface area contributed by atoms with Crippen LogP contribution in [0.3, 0.4) is 0 Å². The van der Waals surface area contributed by atoms with Crippen molar-refractivity contribution in [2.24, 2.45) is 11.8 Å². The predicted molar refractivity (Wildman–Crippen MR) is 97.5 cm³/mol. The SMILES string of the molecule is COc1ccc(NC(=O)CC2C(=O)N(C3CCCCC3)CC2C)cc1. The molecule has 1 aromatic carbocycles. The summed E-state index contributed by atoms with van der Waals surface area (Å²) in [6.45, 7) is 2.88. The summed E-state index contributed by atoms with van der Waals surface area (Å²) in [5, 5.41) is 2.89. The summed E-state index contributed by atoms with van der Waals surface area (Å²) >= 11 is 0. The van der Waals surface area contributed by atoms with Crippen molar-refractivity contribution >= 4 is 17.5 Å². The highest BCUT2D eigenvalue weighted by molar-refractivity contribution is 5.94. The van der Waals surface area contributed by atoms with Crippen LogP contribution < -0.4 is 10.1 Å². The lowest BCUT2D eigenvalue weighted by atomic mass is 9.93. The lowest BCUT2D eigenvalue weighted by molar-refractivity contribution is -0.135. The highest BCUT2D eigenvalue weighted by Crippen LogP contribution is 2.33. The summed E-state index contributed by atoms with van der Waals surface area (Å²) in [6.07, 6.45) is 6.19. The number of carbonyl (C=O) groups is 2. The Bertz CT molecular complexity index is 608. The minimum Gasteiger partial charge on any atom is -0.497 e. The number of hydrogen-bond acceptors (Lipinski definition) is 3. The quantitative estimate of drug-likeness (QED) is 0.890. The van der Waals surface area contributed by atoms with Gasteiger partial charge in [0.2, 0.25) is 11.8 Å². The molecule has 0 spiro atoms. The largest absolute Gasteiger partial charge is 0.497 e. The van der Waals surface area contributed by atoms with Gasteiger partial charge in [-0.25, -0.2) is 0 Å². The Labute approximate surface area is 149 Å². The third-order valence-corrected chi connectivity index (χ3v) is 5.57. The van der Waals surface area contributed by atoms with Crippen LogP contribution in [0.4, 0.5) is 5.69 Å². The molecular weight excluding hydrogens is 316 g/mol. The normalized spacial score (nSPS) is 24.4. The maximum Gasteiger partial charge on any atom is 0.226 e. The Morgan fingerprint density at radius 1 is 1.20 bits per heavy atom. The molecule has 1 aliphatic carbocycles. The number of amides is 2. The fraction of sp³-hybridized carbons (Fsp3) is 0.600. The Hall–Kier alpha value is -2.04. The van der Waals surface area contributed by atoms with Gasteiger partial charge >= 0.3 is 0 Å². The number of hydrogen-bond donors (Lipinski definition) is 1. The van der Waals surface area contributed by atoms with E-state index in [9.17, 15) is 9.59 Å². The fourth-order valence-electron chi connectivity index (χ4n) is 4.08. The molecule has 1 N–H and O–H groups in total. The van der Waals surface area contributed by atoms with Crippen molar-refractivity contribution < 1.29 is 14.3 Å². The van der Waals surface area contributed by atoms with Gasteiger partial charge in [-0.2, -0.15) is 0 Å². The number of nitrogens with zero attached hydrogens (tertiary/aromatic N) is 1. The second-order valence-electron chi connectivity index (χ2n) is 7.35. The first kappa shape index (κ1) is 17.8. The minimum atomic E-state index is -0.194. The third kappa shape index (κ3) is 4.14. The van der Waals surface area contributed by atoms with Gasteiger partial charge in [-0.1, -0.05) is 26.2 Å². The maximum absolute atomic E-state index is 12.8. The second-order valence-corrected chi connectivity index (χ2v) is 7.35. The summed E-state index contributed by atoms with van der Waals surface area (Å²) in [5.74, 6) is 0.863. The maximum atomic E-state index is 12.8. The predicted octanol–water partition coefficient (Wildman–Crippen LogP) is 3.45. The zero-order valence-electron chi connectivity index (χ0n) is 15.2. The van der Waals surface area contributed by atoms with E-state index in [-0.39, 0.29) is 30.1 Å². The van der Waals surface area contributed by atoms with Crippen LogP contribution in [0.1, 0.15) is 45.4 Å². The van der Waals surface area contributed by atoms with Crippen LogP contribution in [0.25, 0.3) is 0 Å². The topological polar surface area (TPSA) is 58.6 Å². The van der Waals surface area contributed by atoms with E-state index in [1.54, 1.807) is 7.11 Å². The number of benzene rings is 1. The first-order valence-corrected chi connectivity index (χ1v) is 9.33. The molecule has 5 heteroatoms. The Kier molecular flexibility index (Phi) is 5.61. The molecule has 3 rings (SSSR count). The minimum absolute atomic E-state index is 0.0964. The van der Waals surface area contributed by atoms with Crippen molar-refractivity contribution in [3.63, 3.8) is 0 Å². The van der Waals surface area contributed by atoms with E-state index in [0.29, 0.717) is 6.04 Å². The summed E-state index contributed by atoms with van der Waals surface area (Å²) < 4.78 is 5.12. The van der Waals surface area contributed by atoms with E-state index < -0.39 is 0 Å². The van der Waals surface area contributed by atoms with E-state index >= 15 is 0 Å². The van der Waals surface area contributed by atoms with E-state index in [1.165, 1.54) is 19.3 Å². The average molecular weight is 344 g/mol. The van der Waals surface area contributed by atoms with Gasteiger partial charge in [0.05, 0.1) is 13.0 Å². The summed E-state index contributed by atoms with van der Waals surface area (Å²) in [7, 11) is 1.61. The van der Waals surface area contributed by atoms with Crippen molar-refractivity contribution in [2.75, 3.05) is 19.0 Å². The molecule has 1 aromatic rings. The molecule has 1 saturated heterocycles. The molecule has 1 saturated carbocycles. The van der Waals surface area contributed by atoms with Crippen LogP contribution in [0, 0.1) is 11.8 Å². The lowest BCUT2D eigenvalue weighted by Crippen LogP contribution is -2.39. The molecule has 2 atom stereocenters. The van der Waals surface area contributed by atoms with Gasteiger partial charge in [-0.05, 0) is 43.0 Å². The van der Waals surface area contributed by atoms with Gasteiger partial charge < -0.3 is 15.0 Å². The number of rotatable bonds is 5. The fourth-order valence-corrected chi connectivity index (χ4v) is 4.08. The Balaban J connectivity index is 1.57. The van der Waals surface area contributed by atoms with E-state index in [4.69, 9.17) is 4.74 Å². The molecule has 0 radical (unpaired) electrons. The average Bonchev–Trinajstić information content (AvgIpc) is 2.91. The molecule has 1 heterocycles. The summed E-state index contributed by atoms with van der Waals surface area (Å²) in [5.41, 5.74) is 0.730. The van der Waals surface area contributed by atoms with Crippen molar-refractivity contribution in [3.05, 3.63) is 24.3 Å². The van der Waals surface area contributed by atoms with E-state index in [1.807, 2.05) is 24.3 Å². The molecule has 0 aromatic heterocycles. The van der Waals surface area contributed by atoms with Crippen LogP contribution in [0.15, 0.2) is 24.3 Å². The van der Waals surface area contributed by atoms with Gasteiger partial charge in [0, 0.05) is 24.7 Å². The van der Waals surface area contributed by atoms with Crippen molar-refractivity contribution in [2.45, 2.75) is 51.5 Å². The van der Waals surface area contributed by atoms with Crippen LogP contribution in [-0.4, -0.2) is 36.4 Å². The van der Waals surface area contributed by atoms with Crippen LogP contribution in [-0.2, 0) is 9.59 Å². The first-order chi connectivity index (χ1) is 12.1. The first-order valence-electron chi connectivity index (χ1n) is 9.33. The number of methoxy groups -OCH3 is 1. The van der Waals surface area contributed by atoms with Crippen LogP contribution >= 0.6 is 0 Å². The van der Waals surface area contributed by atoms with Gasteiger partial charge in [-0.15, -0.1) is 0 Å². The molecule has 2 amide bonds. The molecule has 0 bridgehead atoms. The molecule has 2 fully saturated rings. The summed E-state index contributed by atoms with van der Waals surface area (Å²) in [6, 6.07) is 7.63. The van der Waals surface area contributed by atoms with Gasteiger partial charge in [0.25, 0.3) is 0 Å². The van der Waals surface area contributed by atoms with Gasteiger partial charge in [0.1, 0.15) is 5.75 Å².